The number of esters is 1. The lowest BCUT2D eigenvalue weighted by atomic mass is 9.99. The summed E-state index contributed by atoms with van der Waals surface area (Å²) in [4.78, 5) is 27.6. The molecule has 1 amide bonds. The minimum Gasteiger partial charge on any atom is -0.465 e. The SMILES string of the molecule is COC(=O)c1c(-c2ccc(C)cc2)csc1NC(=O)CN1CCCc2cc(C)ccc21. The van der Waals surface area contributed by atoms with E-state index < -0.39 is 5.97 Å². The number of benzene rings is 2. The van der Waals surface area contributed by atoms with Crippen molar-refractivity contribution in [1.29, 1.82) is 0 Å². The van der Waals surface area contributed by atoms with Crippen molar-refractivity contribution in [2.24, 2.45) is 0 Å². The third-order valence-electron chi connectivity index (χ3n) is 5.58. The molecule has 1 aliphatic rings. The fourth-order valence-electron chi connectivity index (χ4n) is 4.01. The van der Waals surface area contributed by atoms with Gasteiger partial charge in [0, 0.05) is 23.2 Å². The van der Waals surface area contributed by atoms with E-state index in [4.69, 9.17) is 4.74 Å². The van der Waals surface area contributed by atoms with Crippen molar-refractivity contribution >= 4 is 33.9 Å². The highest BCUT2D eigenvalue weighted by Gasteiger charge is 2.24. The minimum atomic E-state index is -0.453. The van der Waals surface area contributed by atoms with E-state index in [1.54, 1.807) is 0 Å². The Kier molecular flexibility index (Phi) is 6.09. The molecule has 6 heteroatoms. The maximum Gasteiger partial charge on any atom is 0.341 e. The Hall–Kier alpha value is -3.12. The van der Waals surface area contributed by atoms with E-state index >= 15 is 0 Å². The summed E-state index contributed by atoms with van der Waals surface area (Å²) in [5, 5.41) is 5.37. The van der Waals surface area contributed by atoms with E-state index in [9.17, 15) is 9.59 Å². The van der Waals surface area contributed by atoms with Gasteiger partial charge in [-0.3, -0.25) is 4.79 Å². The summed E-state index contributed by atoms with van der Waals surface area (Å²) in [6.45, 7) is 5.19. The van der Waals surface area contributed by atoms with E-state index in [1.165, 1.54) is 29.6 Å². The number of carbonyl (C=O) groups excluding carboxylic acids is 2. The summed E-state index contributed by atoms with van der Waals surface area (Å²) >= 11 is 1.35. The first-order valence-electron chi connectivity index (χ1n) is 10.4. The number of methoxy groups -OCH3 is 1. The average molecular weight is 435 g/mol. The molecule has 1 aromatic heterocycles. The summed E-state index contributed by atoms with van der Waals surface area (Å²) < 4.78 is 5.02. The Morgan fingerprint density at radius 3 is 2.58 bits per heavy atom. The number of aryl methyl sites for hydroxylation is 3. The number of thiophene rings is 1. The van der Waals surface area contributed by atoms with Gasteiger partial charge in [-0.15, -0.1) is 11.3 Å². The molecule has 0 bridgehead atoms. The maximum absolute atomic E-state index is 12.9. The normalized spacial score (nSPS) is 12.9. The van der Waals surface area contributed by atoms with Gasteiger partial charge in [-0.2, -0.15) is 0 Å². The van der Waals surface area contributed by atoms with Crippen molar-refractivity contribution in [1.82, 2.24) is 0 Å². The summed E-state index contributed by atoms with van der Waals surface area (Å²) in [5.74, 6) is -0.596. The molecule has 0 spiro atoms. The molecule has 1 aliphatic heterocycles. The van der Waals surface area contributed by atoms with Crippen molar-refractivity contribution in [2.45, 2.75) is 26.7 Å². The Bertz CT molecular complexity index is 1120. The Labute approximate surface area is 186 Å². The van der Waals surface area contributed by atoms with Gasteiger partial charge in [0.2, 0.25) is 5.91 Å². The third-order valence-corrected chi connectivity index (χ3v) is 6.48. The van der Waals surface area contributed by atoms with Crippen LogP contribution in [0.1, 0.15) is 33.5 Å². The molecule has 0 radical (unpaired) electrons. The highest BCUT2D eigenvalue weighted by Crippen LogP contribution is 2.36. The zero-order valence-electron chi connectivity index (χ0n) is 18.0. The molecule has 31 heavy (non-hydrogen) atoms. The number of hydrogen-bond acceptors (Lipinski definition) is 5. The van der Waals surface area contributed by atoms with E-state index in [-0.39, 0.29) is 12.5 Å². The first-order chi connectivity index (χ1) is 15.0. The van der Waals surface area contributed by atoms with Gasteiger partial charge < -0.3 is 15.0 Å². The van der Waals surface area contributed by atoms with Crippen LogP contribution >= 0.6 is 11.3 Å². The van der Waals surface area contributed by atoms with Gasteiger partial charge >= 0.3 is 5.97 Å². The lowest BCUT2D eigenvalue weighted by Crippen LogP contribution is -2.36. The number of amides is 1. The second-order valence-electron chi connectivity index (χ2n) is 7.92. The zero-order valence-corrected chi connectivity index (χ0v) is 18.8. The molecular weight excluding hydrogens is 408 g/mol. The molecular formula is C25H26N2O3S. The minimum absolute atomic E-state index is 0.143. The van der Waals surface area contributed by atoms with E-state index in [0.717, 1.165) is 41.8 Å². The number of fused-ring (bicyclic) bond motifs is 1. The second kappa shape index (κ2) is 8.94. The average Bonchev–Trinajstić information content (AvgIpc) is 3.17. The molecule has 0 fully saturated rings. The number of nitrogens with one attached hydrogen (secondary N) is 1. The lowest BCUT2D eigenvalue weighted by molar-refractivity contribution is -0.115. The predicted molar refractivity (Wildman–Crippen MR) is 126 cm³/mol. The van der Waals surface area contributed by atoms with E-state index in [2.05, 4.69) is 35.3 Å². The number of hydrogen-bond donors (Lipinski definition) is 1. The molecule has 3 aromatic rings. The first kappa shape index (κ1) is 21.1. The standard InChI is InChI=1S/C25H26N2O3S/c1-16-6-9-18(10-7-16)20-15-31-24(23(20)25(29)30-3)26-22(28)14-27-12-4-5-19-13-17(2)8-11-21(19)27/h6-11,13,15H,4-5,12,14H2,1-3H3,(H,26,28). The van der Waals surface area contributed by atoms with Crippen molar-refractivity contribution in [3.63, 3.8) is 0 Å². The summed E-state index contributed by atoms with van der Waals surface area (Å²) in [7, 11) is 1.36. The summed E-state index contributed by atoms with van der Waals surface area (Å²) in [6.07, 6.45) is 2.06. The predicted octanol–water partition coefficient (Wildman–Crippen LogP) is 5.21. The summed E-state index contributed by atoms with van der Waals surface area (Å²) in [5.41, 5.74) is 6.87. The van der Waals surface area contributed by atoms with Crippen LogP contribution < -0.4 is 10.2 Å². The van der Waals surface area contributed by atoms with E-state index in [0.29, 0.717) is 10.6 Å². The van der Waals surface area contributed by atoms with Crippen LogP contribution in [0, 0.1) is 13.8 Å². The number of rotatable bonds is 5. The quantitative estimate of drug-likeness (QED) is 0.560. The Balaban J connectivity index is 1.56. The lowest BCUT2D eigenvalue weighted by Gasteiger charge is -2.31. The van der Waals surface area contributed by atoms with Crippen molar-refractivity contribution in [3.05, 3.63) is 70.1 Å². The second-order valence-corrected chi connectivity index (χ2v) is 8.80. The molecule has 0 aliphatic carbocycles. The number of nitrogens with zero attached hydrogens (tertiary/aromatic N) is 1. The smallest absolute Gasteiger partial charge is 0.341 e. The van der Waals surface area contributed by atoms with Crippen LogP contribution in [0.2, 0.25) is 0 Å². The van der Waals surface area contributed by atoms with E-state index in [1.807, 2.05) is 36.6 Å². The molecule has 0 unspecified atom stereocenters. The molecule has 2 aromatic carbocycles. The van der Waals surface area contributed by atoms with Crippen molar-refractivity contribution in [2.75, 3.05) is 30.4 Å². The van der Waals surface area contributed by atoms with Gasteiger partial charge in [0.05, 0.1) is 13.7 Å². The highest BCUT2D eigenvalue weighted by molar-refractivity contribution is 7.15. The van der Waals surface area contributed by atoms with Crippen LogP contribution in [0.3, 0.4) is 0 Å². The molecule has 2 heterocycles. The zero-order chi connectivity index (χ0) is 22.0. The Morgan fingerprint density at radius 1 is 1.10 bits per heavy atom. The van der Waals surface area contributed by atoms with Gasteiger partial charge in [-0.05, 0) is 43.9 Å². The van der Waals surface area contributed by atoms with Gasteiger partial charge in [-0.25, -0.2) is 4.79 Å². The van der Waals surface area contributed by atoms with Crippen molar-refractivity contribution < 1.29 is 14.3 Å². The number of anilines is 2. The van der Waals surface area contributed by atoms with Crippen LogP contribution in [0.4, 0.5) is 10.7 Å². The monoisotopic (exact) mass is 434 g/mol. The highest BCUT2D eigenvalue weighted by atomic mass is 32.1. The number of ether oxygens (including phenoxy) is 1. The van der Waals surface area contributed by atoms with Crippen LogP contribution in [0.25, 0.3) is 11.1 Å². The molecule has 0 saturated heterocycles. The summed E-state index contributed by atoms with van der Waals surface area (Å²) in [6, 6.07) is 14.3. The first-order valence-corrected chi connectivity index (χ1v) is 11.3. The Morgan fingerprint density at radius 2 is 1.84 bits per heavy atom. The molecule has 160 valence electrons. The van der Waals surface area contributed by atoms with Gasteiger partial charge in [0.25, 0.3) is 0 Å². The van der Waals surface area contributed by atoms with Crippen LogP contribution in [-0.4, -0.2) is 32.1 Å². The molecule has 0 atom stereocenters. The topological polar surface area (TPSA) is 58.6 Å². The molecule has 4 rings (SSSR count). The fourth-order valence-corrected chi connectivity index (χ4v) is 4.98. The van der Waals surface area contributed by atoms with Gasteiger partial charge in [0.1, 0.15) is 10.6 Å². The van der Waals surface area contributed by atoms with Crippen LogP contribution in [-0.2, 0) is 16.0 Å². The third kappa shape index (κ3) is 4.49. The molecule has 5 nitrogen and oxygen atoms in total. The number of carbonyl (C=O) groups is 2. The molecule has 0 saturated carbocycles. The van der Waals surface area contributed by atoms with Gasteiger partial charge in [-0.1, -0.05) is 47.5 Å². The van der Waals surface area contributed by atoms with Crippen LogP contribution in [0.15, 0.2) is 47.8 Å². The van der Waals surface area contributed by atoms with Crippen LogP contribution in [0.5, 0.6) is 0 Å². The fraction of sp³-hybridized carbons (Fsp3) is 0.280. The van der Waals surface area contributed by atoms with Gasteiger partial charge in [0.15, 0.2) is 0 Å². The molecule has 1 N–H and O–H groups in total. The van der Waals surface area contributed by atoms with Crippen molar-refractivity contribution in [3.8, 4) is 11.1 Å². The largest absolute Gasteiger partial charge is 0.465 e. The maximum atomic E-state index is 12.9.